The molecule has 0 bridgehead atoms. The molecule has 2 atom stereocenters. The van der Waals surface area contributed by atoms with Gasteiger partial charge in [-0.3, -0.25) is 9.59 Å². The number of carbonyl (C=O) groups is 2. The van der Waals surface area contributed by atoms with E-state index in [1.54, 1.807) is 16.7 Å². The molecule has 1 rings (SSSR count). The maximum atomic E-state index is 12.8. The molecule has 0 radical (unpaired) electrons. The minimum Gasteiger partial charge on any atom is -0.340 e. The Morgan fingerprint density at radius 2 is 1.95 bits per heavy atom. The average molecular weight is 286 g/mol. The Morgan fingerprint density at radius 1 is 1.37 bits per heavy atom. The number of amides is 2. The molecule has 1 aliphatic heterocycles. The second kappa shape index (κ2) is 6.64. The van der Waals surface area contributed by atoms with Crippen LogP contribution in [0.1, 0.15) is 47.0 Å². The smallest absolute Gasteiger partial charge is 0.249 e. The first kappa shape index (κ1) is 16.3. The van der Waals surface area contributed by atoms with Crippen molar-refractivity contribution in [2.24, 2.45) is 0 Å². The lowest BCUT2D eigenvalue weighted by Gasteiger charge is -2.47. The molecule has 4 nitrogen and oxygen atoms in total. The highest BCUT2D eigenvalue weighted by Gasteiger charge is 2.48. The van der Waals surface area contributed by atoms with Gasteiger partial charge in [0.25, 0.3) is 0 Å². The molecule has 1 fully saturated rings. The fourth-order valence-corrected chi connectivity index (χ4v) is 3.26. The van der Waals surface area contributed by atoms with Crippen LogP contribution in [0.2, 0.25) is 0 Å². The third-order valence-corrected chi connectivity index (χ3v) is 4.87. The zero-order chi connectivity index (χ0) is 14.6. The van der Waals surface area contributed by atoms with Crippen molar-refractivity contribution in [2.75, 3.05) is 12.0 Å². The van der Waals surface area contributed by atoms with Crippen LogP contribution >= 0.6 is 11.8 Å². The number of thioether (sulfide) groups is 1. The van der Waals surface area contributed by atoms with E-state index in [1.165, 1.54) is 0 Å². The van der Waals surface area contributed by atoms with Crippen molar-refractivity contribution in [2.45, 2.75) is 64.6 Å². The molecule has 0 saturated carbocycles. The number of carbonyl (C=O) groups excluding carboxylic acids is 2. The van der Waals surface area contributed by atoms with Gasteiger partial charge in [-0.1, -0.05) is 13.8 Å². The van der Waals surface area contributed by atoms with Gasteiger partial charge in [0, 0.05) is 6.04 Å². The highest BCUT2D eigenvalue weighted by atomic mass is 32.2. The highest BCUT2D eigenvalue weighted by Crippen LogP contribution is 2.27. The van der Waals surface area contributed by atoms with E-state index in [0.717, 1.165) is 12.2 Å². The Morgan fingerprint density at radius 3 is 2.42 bits per heavy atom. The molecule has 0 aromatic heterocycles. The molecular formula is C14H26N2O2S. The molecule has 1 aliphatic rings. The van der Waals surface area contributed by atoms with Crippen LogP contribution in [0, 0.1) is 0 Å². The van der Waals surface area contributed by atoms with Gasteiger partial charge in [-0.25, -0.2) is 0 Å². The number of piperazine rings is 1. The van der Waals surface area contributed by atoms with Crippen molar-refractivity contribution in [3.8, 4) is 0 Å². The Labute approximate surface area is 120 Å². The highest BCUT2D eigenvalue weighted by molar-refractivity contribution is 7.98. The van der Waals surface area contributed by atoms with Crippen LogP contribution in [-0.2, 0) is 9.59 Å². The second-order valence-corrected chi connectivity index (χ2v) is 6.28. The van der Waals surface area contributed by atoms with Gasteiger partial charge >= 0.3 is 0 Å². The summed E-state index contributed by atoms with van der Waals surface area (Å²) >= 11 is 1.77. The molecule has 1 saturated heterocycles. The van der Waals surface area contributed by atoms with Gasteiger partial charge < -0.3 is 10.2 Å². The molecule has 1 N–H and O–H groups in total. The number of hydrogen-bond acceptors (Lipinski definition) is 3. The Balaban J connectivity index is 2.99. The molecular weight excluding hydrogens is 260 g/mol. The molecule has 0 aromatic carbocycles. The van der Waals surface area contributed by atoms with E-state index in [-0.39, 0.29) is 23.9 Å². The zero-order valence-electron chi connectivity index (χ0n) is 12.7. The number of rotatable bonds is 6. The van der Waals surface area contributed by atoms with Gasteiger partial charge in [-0.2, -0.15) is 11.8 Å². The number of nitrogens with one attached hydrogen (secondary N) is 1. The lowest BCUT2D eigenvalue weighted by molar-refractivity contribution is -0.157. The number of hydrogen-bond donors (Lipinski definition) is 1. The van der Waals surface area contributed by atoms with Gasteiger partial charge in [0.2, 0.25) is 11.8 Å². The Hall–Kier alpha value is -0.710. The van der Waals surface area contributed by atoms with Crippen LogP contribution in [-0.4, -0.2) is 46.3 Å². The van der Waals surface area contributed by atoms with Crippen molar-refractivity contribution in [3.05, 3.63) is 0 Å². The van der Waals surface area contributed by atoms with E-state index >= 15 is 0 Å². The fraction of sp³-hybridized carbons (Fsp3) is 0.857. The third kappa shape index (κ3) is 3.07. The summed E-state index contributed by atoms with van der Waals surface area (Å²) in [5.74, 6) is 1.06. The van der Waals surface area contributed by atoms with Crippen LogP contribution in [0.4, 0.5) is 0 Å². The third-order valence-electron chi connectivity index (χ3n) is 4.22. The Bertz CT molecular complexity index is 342. The lowest BCUT2D eigenvalue weighted by Crippen LogP contribution is -2.70. The molecule has 1 heterocycles. The van der Waals surface area contributed by atoms with Crippen LogP contribution in [0.5, 0.6) is 0 Å². The fourth-order valence-electron chi connectivity index (χ4n) is 2.68. The van der Waals surface area contributed by atoms with E-state index in [4.69, 9.17) is 0 Å². The molecule has 0 aliphatic carbocycles. The van der Waals surface area contributed by atoms with Crippen molar-refractivity contribution in [3.63, 3.8) is 0 Å². The average Bonchev–Trinajstić information content (AvgIpc) is 2.41. The first-order valence-electron chi connectivity index (χ1n) is 7.07. The maximum absolute atomic E-state index is 12.8. The van der Waals surface area contributed by atoms with Gasteiger partial charge in [0.05, 0.1) is 0 Å². The summed E-state index contributed by atoms with van der Waals surface area (Å²) < 4.78 is 0. The molecule has 0 spiro atoms. The maximum Gasteiger partial charge on any atom is 0.249 e. The molecule has 2 unspecified atom stereocenters. The van der Waals surface area contributed by atoms with Gasteiger partial charge in [0.1, 0.15) is 11.6 Å². The lowest BCUT2D eigenvalue weighted by atomic mass is 9.86. The Kier molecular flexibility index (Phi) is 5.71. The molecule has 2 amide bonds. The van der Waals surface area contributed by atoms with E-state index in [9.17, 15) is 9.59 Å². The first-order valence-corrected chi connectivity index (χ1v) is 8.46. The van der Waals surface area contributed by atoms with Gasteiger partial charge in [0.15, 0.2) is 0 Å². The molecule has 110 valence electrons. The van der Waals surface area contributed by atoms with Crippen LogP contribution in [0.3, 0.4) is 0 Å². The zero-order valence-corrected chi connectivity index (χ0v) is 13.5. The normalized spacial score (nSPS) is 24.3. The van der Waals surface area contributed by atoms with E-state index in [0.29, 0.717) is 12.8 Å². The largest absolute Gasteiger partial charge is 0.340 e. The monoisotopic (exact) mass is 286 g/mol. The topological polar surface area (TPSA) is 49.4 Å². The molecule has 5 heteroatoms. The summed E-state index contributed by atoms with van der Waals surface area (Å²) in [5, 5.41) is 2.93. The predicted molar refractivity (Wildman–Crippen MR) is 80.2 cm³/mol. The molecule has 0 aromatic rings. The second-order valence-electron chi connectivity index (χ2n) is 5.30. The van der Waals surface area contributed by atoms with Crippen molar-refractivity contribution in [1.29, 1.82) is 0 Å². The van der Waals surface area contributed by atoms with Gasteiger partial charge in [-0.05, 0) is 45.1 Å². The quantitative estimate of drug-likeness (QED) is 0.813. The minimum atomic E-state index is -0.697. The predicted octanol–water partition coefficient (Wildman–Crippen LogP) is 2.03. The summed E-state index contributed by atoms with van der Waals surface area (Å²) in [6, 6.07) is -0.256. The van der Waals surface area contributed by atoms with Crippen molar-refractivity contribution < 1.29 is 9.59 Å². The van der Waals surface area contributed by atoms with E-state index in [2.05, 4.69) is 11.6 Å². The summed E-state index contributed by atoms with van der Waals surface area (Å²) in [5.41, 5.74) is -0.697. The minimum absolute atomic E-state index is 0.0284. The summed E-state index contributed by atoms with van der Waals surface area (Å²) in [6.07, 6.45) is 4.27. The summed E-state index contributed by atoms with van der Waals surface area (Å²) in [4.78, 5) is 26.7. The van der Waals surface area contributed by atoms with E-state index in [1.807, 2.05) is 27.7 Å². The molecule has 19 heavy (non-hydrogen) atoms. The number of nitrogens with zero attached hydrogens (tertiary/aromatic N) is 1. The van der Waals surface area contributed by atoms with Crippen LogP contribution < -0.4 is 5.32 Å². The van der Waals surface area contributed by atoms with Crippen molar-refractivity contribution >= 4 is 23.6 Å². The van der Waals surface area contributed by atoms with Crippen LogP contribution in [0.25, 0.3) is 0 Å². The van der Waals surface area contributed by atoms with E-state index < -0.39 is 5.54 Å². The summed E-state index contributed by atoms with van der Waals surface area (Å²) in [6.45, 7) is 7.78. The van der Waals surface area contributed by atoms with Gasteiger partial charge in [-0.15, -0.1) is 0 Å². The standard InChI is InChI=1S/C14H26N2O2S/c1-6-14(7-2)13(18)16(10(3)8-9-19-5)11(4)12(17)15-14/h10-11H,6-9H2,1-5H3,(H,15,17). The van der Waals surface area contributed by atoms with Crippen LogP contribution in [0.15, 0.2) is 0 Å². The SMILES string of the molecule is CCC1(CC)NC(=O)C(C)N(C(C)CCSC)C1=O. The summed E-state index contributed by atoms with van der Waals surface area (Å²) in [7, 11) is 0. The van der Waals surface area contributed by atoms with Crippen molar-refractivity contribution in [1.82, 2.24) is 10.2 Å². The first-order chi connectivity index (χ1) is 8.93.